The van der Waals surface area contributed by atoms with E-state index in [1.165, 1.54) is 0 Å². The maximum absolute atomic E-state index is 12.1. The van der Waals surface area contributed by atoms with Gasteiger partial charge < -0.3 is 11.1 Å². The molecule has 0 aliphatic carbocycles. The molecular formula is C15H23N3OS. The molecule has 1 amide bonds. The fourth-order valence-electron chi connectivity index (χ4n) is 2.35. The highest BCUT2D eigenvalue weighted by atomic mass is 32.2. The first-order chi connectivity index (χ1) is 9.60. The Labute approximate surface area is 125 Å². The Morgan fingerprint density at radius 1 is 1.55 bits per heavy atom. The molecule has 5 heteroatoms. The summed E-state index contributed by atoms with van der Waals surface area (Å²) in [5.41, 5.74) is 8.31. The number of nitrogens with one attached hydrogen (secondary N) is 1. The highest BCUT2D eigenvalue weighted by molar-refractivity contribution is 8.00. The number of hydrogen-bond acceptors (Lipinski definition) is 4. The zero-order valence-electron chi connectivity index (χ0n) is 12.2. The predicted molar refractivity (Wildman–Crippen MR) is 87.2 cm³/mol. The molecule has 0 aromatic heterocycles. The summed E-state index contributed by atoms with van der Waals surface area (Å²) in [6.07, 6.45) is 1.16. The van der Waals surface area contributed by atoms with Gasteiger partial charge in [-0.15, -0.1) is 0 Å². The van der Waals surface area contributed by atoms with Crippen molar-refractivity contribution in [2.24, 2.45) is 0 Å². The summed E-state index contributed by atoms with van der Waals surface area (Å²) >= 11 is 2.01. The first-order valence-electron chi connectivity index (χ1n) is 7.09. The molecule has 20 heavy (non-hydrogen) atoms. The summed E-state index contributed by atoms with van der Waals surface area (Å²) < 4.78 is 0. The zero-order valence-corrected chi connectivity index (χ0v) is 13.0. The van der Waals surface area contributed by atoms with Crippen LogP contribution in [0.15, 0.2) is 18.2 Å². The molecule has 0 saturated carbocycles. The number of amides is 1. The van der Waals surface area contributed by atoms with Crippen molar-refractivity contribution in [3.63, 3.8) is 0 Å². The monoisotopic (exact) mass is 293 g/mol. The van der Waals surface area contributed by atoms with E-state index in [2.05, 4.69) is 17.1 Å². The van der Waals surface area contributed by atoms with Crippen LogP contribution in [0.3, 0.4) is 0 Å². The quantitative estimate of drug-likeness (QED) is 0.837. The number of nitrogen functional groups attached to an aromatic ring is 1. The van der Waals surface area contributed by atoms with Crippen LogP contribution >= 0.6 is 11.8 Å². The van der Waals surface area contributed by atoms with Gasteiger partial charge in [-0.05, 0) is 31.0 Å². The zero-order chi connectivity index (χ0) is 14.5. The minimum atomic E-state index is 0.0421. The van der Waals surface area contributed by atoms with Crippen molar-refractivity contribution >= 4 is 29.0 Å². The minimum Gasteiger partial charge on any atom is -0.398 e. The second-order valence-corrected chi connectivity index (χ2v) is 6.61. The highest BCUT2D eigenvalue weighted by Gasteiger charge is 2.20. The largest absolute Gasteiger partial charge is 0.398 e. The van der Waals surface area contributed by atoms with E-state index >= 15 is 0 Å². The molecule has 2 rings (SSSR count). The molecule has 1 aromatic rings. The summed E-state index contributed by atoms with van der Waals surface area (Å²) in [6.45, 7) is 6.59. The van der Waals surface area contributed by atoms with E-state index < -0.39 is 0 Å². The van der Waals surface area contributed by atoms with Gasteiger partial charge >= 0.3 is 0 Å². The first-order valence-corrected chi connectivity index (χ1v) is 8.14. The number of nitrogens with two attached hydrogens (primary N) is 1. The molecule has 0 bridgehead atoms. The second-order valence-electron chi connectivity index (χ2n) is 5.20. The van der Waals surface area contributed by atoms with Crippen LogP contribution < -0.4 is 11.1 Å². The topological polar surface area (TPSA) is 58.4 Å². The van der Waals surface area contributed by atoms with Gasteiger partial charge in [0.2, 0.25) is 5.91 Å². The van der Waals surface area contributed by atoms with Gasteiger partial charge in [0, 0.05) is 35.5 Å². The van der Waals surface area contributed by atoms with E-state index in [0.717, 1.165) is 36.5 Å². The number of hydrogen-bond donors (Lipinski definition) is 2. The van der Waals surface area contributed by atoms with Crippen molar-refractivity contribution in [3.05, 3.63) is 23.8 Å². The Bertz CT molecular complexity index is 478. The Hall–Kier alpha value is -1.20. The Morgan fingerprint density at radius 3 is 3.10 bits per heavy atom. The molecular weight excluding hydrogens is 270 g/mol. The number of benzene rings is 1. The Morgan fingerprint density at radius 2 is 2.35 bits per heavy atom. The second kappa shape index (κ2) is 6.99. The smallest absolute Gasteiger partial charge is 0.238 e. The van der Waals surface area contributed by atoms with Gasteiger partial charge in [0.15, 0.2) is 0 Å². The number of thioether (sulfide) groups is 1. The third-order valence-electron chi connectivity index (χ3n) is 3.70. The SMILES string of the molecule is CCC1CN(CC(=O)Nc2cccc(N)c2C)CCS1. The van der Waals surface area contributed by atoms with E-state index in [9.17, 15) is 4.79 Å². The van der Waals surface area contributed by atoms with Gasteiger partial charge in [-0.2, -0.15) is 11.8 Å². The number of carbonyl (C=O) groups excluding carboxylic acids is 1. The van der Waals surface area contributed by atoms with Crippen LogP contribution in [-0.4, -0.2) is 41.4 Å². The van der Waals surface area contributed by atoms with Gasteiger partial charge in [0.1, 0.15) is 0 Å². The molecule has 4 nitrogen and oxygen atoms in total. The van der Waals surface area contributed by atoms with E-state index in [4.69, 9.17) is 5.73 Å². The van der Waals surface area contributed by atoms with E-state index in [0.29, 0.717) is 17.5 Å². The number of carbonyl (C=O) groups is 1. The maximum atomic E-state index is 12.1. The molecule has 1 atom stereocenters. The lowest BCUT2D eigenvalue weighted by Crippen LogP contribution is -2.42. The Kier molecular flexibility index (Phi) is 5.31. The lowest BCUT2D eigenvalue weighted by atomic mass is 10.1. The number of nitrogens with zero attached hydrogens (tertiary/aromatic N) is 1. The summed E-state index contributed by atoms with van der Waals surface area (Å²) in [4.78, 5) is 14.4. The fourth-order valence-corrected chi connectivity index (χ4v) is 3.60. The van der Waals surface area contributed by atoms with Crippen molar-refractivity contribution in [2.75, 3.05) is 36.4 Å². The number of anilines is 2. The highest BCUT2D eigenvalue weighted by Crippen LogP contribution is 2.22. The lowest BCUT2D eigenvalue weighted by Gasteiger charge is -2.31. The number of rotatable bonds is 4. The van der Waals surface area contributed by atoms with Crippen LogP contribution in [0.1, 0.15) is 18.9 Å². The molecule has 0 spiro atoms. The maximum Gasteiger partial charge on any atom is 0.238 e. The molecule has 1 aromatic carbocycles. The molecule has 1 unspecified atom stereocenters. The van der Waals surface area contributed by atoms with Crippen molar-refractivity contribution in [3.8, 4) is 0 Å². The summed E-state index contributed by atoms with van der Waals surface area (Å²) in [6, 6.07) is 5.60. The van der Waals surface area contributed by atoms with Crippen molar-refractivity contribution in [1.82, 2.24) is 4.90 Å². The van der Waals surface area contributed by atoms with Crippen molar-refractivity contribution in [1.29, 1.82) is 0 Å². The van der Waals surface area contributed by atoms with Crippen molar-refractivity contribution in [2.45, 2.75) is 25.5 Å². The summed E-state index contributed by atoms with van der Waals surface area (Å²) in [5.74, 6) is 1.16. The molecule has 1 fully saturated rings. The fraction of sp³-hybridized carbons (Fsp3) is 0.533. The average Bonchev–Trinajstić information content (AvgIpc) is 2.44. The molecule has 0 radical (unpaired) electrons. The molecule has 3 N–H and O–H groups in total. The van der Waals surface area contributed by atoms with Gasteiger partial charge in [-0.25, -0.2) is 0 Å². The standard InChI is InChI=1S/C15H23N3OS/c1-3-12-9-18(7-8-20-12)10-15(19)17-14-6-4-5-13(16)11(14)2/h4-6,12H,3,7-10,16H2,1-2H3,(H,17,19). The lowest BCUT2D eigenvalue weighted by molar-refractivity contribution is -0.117. The molecule has 1 saturated heterocycles. The van der Waals surface area contributed by atoms with Gasteiger partial charge in [-0.3, -0.25) is 9.69 Å². The van der Waals surface area contributed by atoms with Crippen molar-refractivity contribution < 1.29 is 4.79 Å². The third kappa shape index (κ3) is 3.90. The normalized spacial score (nSPS) is 19.8. The van der Waals surface area contributed by atoms with Gasteiger partial charge in [-0.1, -0.05) is 13.0 Å². The van der Waals surface area contributed by atoms with E-state index in [-0.39, 0.29) is 5.91 Å². The molecule has 1 heterocycles. The van der Waals surface area contributed by atoms with E-state index in [1.807, 2.05) is 36.9 Å². The predicted octanol–water partition coefficient (Wildman–Crippen LogP) is 2.34. The Balaban J connectivity index is 1.90. The first kappa shape index (κ1) is 15.2. The van der Waals surface area contributed by atoms with Crippen LogP contribution in [-0.2, 0) is 4.79 Å². The third-order valence-corrected chi connectivity index (χ3v) is 5.07. The van der Waals surface area contributed by atoms with Crippen LogP contribution in [0.5, 0.6) is 0 Å². The molecule has 110 valence electrons. The average molecular weight is 293 g/mol. The van der Waals surface area contributed by atoms with E-state index in [1.54, 1.807) is 0 Å². The van der Waals surface area contributed by atoms with Gasteiger partial charge in [0.25, 0.3) is 0 Å². The molecule has 1 aliphatic heterocycles. The molecule has 1 aliphatic rings. The van der Waals surface area contributed by atoms with Crippen LogP contribution in [0.4, 0.5) is 11.4 Å². The van der Waals surface area contributed by atoms with Crippen LogP contribution in [0.25, 0.3) is 0 Å². The minimum absolute atomic E-state index is 0.0421. The summed E-state index contributed by atoms with van der Waals surface area (Å²) in [5, 5.41) is 3.62. The summed E-state index contributed by atoms with van der Waals surface area (Å²) in [7, 11) is 0. The van der Waals surface area contributed by atoms with Crippen LogP contribution in [0.2, 0.25) is 0 Å². The van der Waals surface area contributed by atoms with Crippen LogP contribution in [0, 0.1) is 6.92 Å². The van der Waals surface area contributed by atoms with Gasteiger partial charge in [0.05, 0.1) is 6.54 Å².